The molecule has 0 aliphatic rings. The predicted octanol–water partition coefficient (Wildman–Crippen LogP) is 4.34. The maximum Gasteiger partial charge on any atom is 0.346 e. The number of thiophene rings is 2. The Bertz CT molecular complexity index is 1440. The Hall–Kier alpha value is -4.82. The van der Waals surface area contributed by atoms with Crippen molar-refractivity contribution in [2.75, 3.05) is 11.5 Å². The van der Waals surface area contributed by atoms with E-state index in [4.69, 9.17) is 11.5 Å². The fourth-order valence-corrected chi connectivity index (χ4v) is 4.34. The van der Waals surface area contributed by atoms with Gasteiger partial charge in [0.1, 0.15) is 0 Å². The fraction of sp³-hybridized carbons (Fsp3) is 0.0833. The van der Waals surface area contributed by atoms with Crippen LogP contribution >= 0.6 is 22.7 Å². The van der Waals surface area contributed by atoms with Gasteiger partial charge in [-0.2, -0.15) is 0 Å². The topological polar surface area (TPSA) is 197 Å². The van der Waals surface area contributed by atoms with Crippen LogP contribution in [0.5, 0.6) is 0 Å². The summed E-state index contributed by atoms with van der Waals surface area (Å²) in [5.74, 6) is -0.675. The second-order valence-corrected chi connectivity index (χ2v) is 9.65. The molecule has 0 fully saturated rings. The largest absolute Gasteiger partial charge is 0.397 e. The number of nitro groups is 2. The molecule has 0 aliphatic heterocycles. The summed E-state index contributed by atoms with van der Waals surface area (Å²) in [6.45, 7) is 0.821. The van der Waals surface area contributed by atoms with Crippen molar-refractivity contribution in [1.82, 2.24) is 10.6 Å². The van der Waals surface area contributed by atoms with Crippen molar-refractivity contribution >= 4 is 57.2 Å². The minimum absolute atomic E-state index is 0.00357. The van der Waals surface area contributed by atoms with Crippen LogP contribution in [-0.2, 0) is 13.1 Å². The van der Waals surface area contributed by atoms with Gasteiger partial charge in [0.25, 0.3) is 11.8 Å². The molecule has 12 nitrogen and oxygen atoms in total. The molecule has 196 valence electrons. The number of amides is 2. The quantitative estimate of drug-likeness (QED) is 0.140. The highest BCUT2D eigenvalue weighted by Gasteiger charge is 2.25. The van der Waals surface area contributed by atoms with E-state index in [1.54, 1.807) is 29.5 Å². The van der Waals surface area contributed by atoms with Gasteiger partial charge in [-0.15, -0.1) is 22.7 Å². The summed E-state index contributed by atoms with van der Waals surface area (Å²) in [6, 6.07) is 15.5. The van der Waals surface area contributed by atoms with Gasteiger partial charge < -0.3 is 22.1 Å². The molecule has 0 saturated heterocycles. The Morgan fingerprint density at radius 2 is 1.21 bits per heavy atom. The maximum absolute atomic E-state index is 11.9. The Balaban J connectivity index is 0.000000215. The van der Waals surface area contributed by atoms with Gasteiger partial charge in [-0.1, -0.05) is 12.1 Å². The molecule has 0 bridgehead atoms. The smallest absolute Gasteiger partial charge is 0.346 e. The van der Waals surface area contributed by atoms with Crippen LogP contribution in [0, 0.1) is 20.2 Å². The van der Waals surface area contributed by atoms with Crippen LogP contribution in [0.15, 0.2) is 71.4 Å². The summed E-state index contributed by atoms with van der Waals surface area (Å²) in [6.07, 6.45) is 0. The highest BCUT2D eigenvalue weighted by Crippen LogP contribution is 2.27. The second-order valence-electron chi connectivity index (χ2n) is 7.59. The molecule has 4 rings (SSSR count). The number of nitrogen functional groups attached to an aromatic ring is 2. The molecule has 2 aromatic carbocycles. The first-order valence-corrected chi connectivity index (χ1v) is 12.6. The third-order valence-electron chi connectivity index (χ3n) is 4.99. The first-order chi connectivity index (χ1) is 18.2. The lowest BCUT2D eigenvalue weighted by Crippen LogP contribution is -2.22. The first kappa shape index (κ1) is 27.8. The zero-order valence-electron chi connectivity index (χ0n) is 19.7. The highest BCUT2D eigenvalue weighted by atomic mass is 32.1. The van der Waals surface area contributed by atoms with Gasteiger partial charge in [-0.25, -0.2) is 0 Å². The number of hydrogen-bond acceptors (Lipinski definition) is 10. The molecule has 0 radical (unpaired) electrons. The van der Waals surface area contributed by atoms with Crippen molar-refractivity contribution in [1.29, 1.82) is 0 Å². The van der Waals surface area contributed by atoms with Gasteiger partial charge in [0, 0.05) is 33.0 Å². The summed E-state index contributed by atoms with van der Waals surface area (Å²) in [5, 5.41) is 30.8. The third kappa shape index (κ3) is 7.59. The molecule has 6 N–H and O–H groups in total. The molecule has 0 unspecified atom stereocenters. The standard InChI is InChI=1S/C12H9N3O5S.C12H13N3OS/c16-12(13-7-9-2-1-5-21-9)8-3-4-10(14(17)18)11(6-8)15(19)20;13-10-4-3-8(6-11(10)14)12(16)15-7-9-2-1-5-17-9/h1-6H,7H2,(H,13,16);1-6H,7,13-14H2,(H,15,16). The van der Waals surface area contributed by atoms with E-state index >= 15 is 0 Å². The lowest BCUT2D eigenvalue weighted by molar-refractivity contribution is -0.422. The van der Waals surface area contributed by atoms with Crippen molar-refractivity contribution in [3.05, 3.63) is 113 Å². The van der Waals surface area contributed by atoms with E-state index in [0.29, 0.717) is 30.0 Å². The molecule has 0 saturated carbocycles. The number of rotatable bonds is 8. The van der Waals surface area contributed by atoms with Crippen molar-refractivity contribution in [3.63, 3.8) is 0 Å². The molecular weight excluding hydrogens is 532 g/mol. The number of anilines is 2. The van der Waals surface area contributed by atoms with Crippen LogP contribution in [0.3, 0.4) is 0 Å². The lowest BCUT2D eigenvalue weighted by Gasteiger charge is -2.06. The average molecular weight is 555 g/mol. The van der Waals surface area contributed by atoms with E-state index in [1.165, 1.54) is 17.4 Å². The van der Waals surface area contributed by atoms with Gasteiger partial charge in [0.05, 0.1) is 34.3 Å². The van der Waals surface area contributed by atoms with Gasteiger partial charge in [-0.3, -0.25) is 29.8 Å². The molecule has 2 aromatic heterocycles. The summed E-state index contributed by atoms with van der Waals surface area (Å²) >= 11 is 3.07. The third-order valence-corrected chi connectivity index (χ3v) is 6.74. The van der Waals surface area contributed by atoms with E-state index < -0.39 is 27.1 Å². The maximum atomic E-state index is 11.9. The Labute approximate surface area is 224 Å². The number of nitro benzene ring substituents is 2. The van der Waals surface area contributed by atoms with E-state index in [0.717, 1.165) is 21.9 Å². The minimum Gasteiger partial charge on any atom is -0.397 e. The van der Waals surface area contributed by atoms with Gasteiger partial charge in [0.2, 0.25) is 0 Å². The predicted molar refractivity (Wildman–Crippen MR) is 146 cm³/mol. The second kappa shape index (κ2) is 12.9. The van der Waals surface area contributed by atoms with Crippen molar-refractivity contribution in [2.45, 2.75) is 13.1 Å². The summed E-state index contributed by atoms with van der Waals surface area (Å²) in [4.78, 5) is 45.5. The molecule has 0 atom stereocenters. The van der Waals surface area contributed by atoms with Crippen LogP contribution in [0.1, 0.15) is 30.5 Å². The Morgan fingerprint density at radius 1 is 0.711 bits per heavy atom. The SMILES string of the molecule is Nc1ccc(C(=O)NCc2cccs2)cc1N.O=C(NCc1cccs1)c1ccc([N+](=O)[O-])c([N+](=O)[O-])c1. The zero-order valence-corrected chi connectivity index (χ0v) is 21.3. The van der Waals surface area contributed by atoms with Gasteiger partial charge >= 0.3 is 11.4 Å². The van der Waals surface area contributed by atoms with E-state index in [-0.39, 0.29) is 11.5 Å². The van der Waals surface area contributed by atoms with Crippen LogP contribution in [0.4, 0.5) is 22.7 Å². The van der Waals surface area contributed by atoms with Crippen molar-refractivity contribution < 1.29 is 19.4 Å². The fourth-order valence-electron chi connectivity index (χ4n) is 3.05. The van der Waals surface area contributed by atoms with Crippen molar-refractivity contribution in [3.8, 4) is 0 Å². The number of nitrogens with one attached hydrogen (secondary N) is 2. The lowest BCUT2D eigenvalue weighted by atomic mass is 10.1. The number of nitrogens with two attached hydrogens (primary N) is 2. The minimum atomic E-state index is -0.881. The van der Waals surface area contributed by atoms with E-state index in [1.807, 2.05) is 35.0 Å². The molecular formula is C24H22N6O6S2. The number of hydrogen-bond donors (Lipinski definition) is 4. The molecule has 2 heterocycles. The number of benzene rings is 2. The van der Waals surface area contributed by atoms with Gasteiger partial charge in [-0.05, 0) is 47.2 Å². The first-order valence-electron chi connectivity index (χ1n) is 10.8. The van der Waals surface area contributed by atoms with Crippen LogP contribution in [0.25, 0.3) is 0 Å². The van der Waals surface area contributed by atoms with Crippen molar-refractivity contribution in [2.24, 2.45) is 0 Å². The van der Waals surface area contributed by atoms with Gasteiger partial charge in [0.15, 0.2) is 0 Å². The number of carbonyl (C=O) groups is 2. The molecule has 2 amide bonds. The summed E-state index contributed by atoms with van der Waals surface area (Å²) in [7, 11) is 0. The molecule has 38 heavy (non-hydrogen) atoms. The van der Waals surface area contributed by atoms with E-state index in [9.17, 15) is 29.8 Å². The Morgan fingerprint density at radius 3 is 1.66 bits per heavy atom. The van der Waals surface area contributed by atoms with Crippen LogP contribution < -0.4 is 22.1 Å². The van der Waals surface area contributed by atoms with Crippen LogP contribution in [0.2, 0.25) is 0 Å². The monoisotopic (exact) mass is 554 g/mol. The molecule has 0 spiro atoms. The molecule has 4 aromatic rings. The Kier molecular flexibility index (Phi) is 9.45. The highest BCUT2D eigenvalue weighted by molar-refractivity contribution is 7.10. The number of carbonyl (C=O) groups excluding carboxylic acids is 2. The average Bonchev–Trinajstić information content (AvgIpc) is 3.62. The molecule has 0 aliphatic carbocycles. The normalized spacial score (nSPS) is 10.1. The number of nitrogens with zero attached hydrogens (tertiary/aromatic N) is 2. The van der Waals surface area contributed by atoms with E-state index in [2.05, 4.69) is 10.6 Å². The molecule has 14 heteroatoms. The zero-order chi connectivity index (χ0) is 27.7. The summed E-state index contributed by atoms with van der Waals surface area (Å²) < 4.78 is 0. The summed E-state index contributed by atoms with van der Waals surface area (Å²) in [5.41, 5.74) is 11.3. The van der Waals surface area contributed by atoms with Crippen LogP contribution in [-0.4, -0.2) is 21.7 Å².